The lowest BCUT2D eigenvalue weighted by Crippen LogP contribution is -2.52. The maximum atomic E-state index is 13.4. The van der Waals surface area contributed by atoms with Gasteiger partial charge in [-0.2, -0.15) is 5.10 Å². The summed E-state index contributed by atoms with van der Waals surface area (Å²) in [4.78, 5) is 19.6. The highest BCUT2D eigenvalue weighted by Crippen LogP contribution is 2.38. The highest BCUT2D eigenvalue weighted by atomic mass is 32.2. The van der Waals surface area contributed by atoms with Crippen molar-refractivity contribution < 1.29 is 23.1 Å². The molecule has 1 atom stereocenters. The van der Waals surface area contributed by atoms with Crippen LogP contribution in [-0.4, -0.2) is 99.2 Å². The molecular formula is C27H39N7O5S. The van der Waals surface area contributed by atoms with Crippen LogP contribution in [0.5, 0.6) is 0 Å². The van der Waals surface area contributed by atoms with Crippen LogP contribution in [0.2, 0.25) is 0 Å². The van der Waals surface area contributed by atoms with Gasteiger partial charge in [-0.15, -0.1) is 5.10 Å². The van der Waals surface area contributed by atoms with Crippen LogP contribution < -0.4 is 5.32 Å². The Bertz CT molecular complexity index is 1460. The first kappa shape index (κ1) is 28.5. The Hall–Kier alpha value is -3.03. The molecule has 13 heteroatoms. The summed E-state index contributed by atoms with van der Waals surface area (Å²) in [5.74, 6) is 0.551. The first-order valence-corrected chi connectivity index (χ1v) is 15.7. The zero-order chi connectivity index (χ0) is 28.7. The molecule has 1 aliphatic heterocycles. The maximum absolute atomic E-state index is 13.4. The van der Waals surface area contributed by atoms with E-state index in [0.29, 0.717) is 12.6 Å². The molecule has 1 saturated carbocycles. The molecular weight excluding hydrogens is 534 g/mol. The van der Waals surface area contributed by atoms with Crippen LogP contribution in [0.15, 0.2) is 24.7 Å². The zero-order valence-corrected chi connectivity index (χ0v) is 24.4. The second kappa shape index (κ2) is 11.1. The van der Waals surface area contributed by atoms with E-state index in [4.69, 9.17) is 9.84 Å². The molecule has 5 rings (SSSR count). The van der Waals surface area contributed by atoms with Gasteiger partial charge in [-0.1, -0.05) is 0 Å². The van der Waals surface area contributed by atoms with Crippen molar-refractivity contribution in [3.8, 4) is 11.1 Å². The molecule has 4 heterocycles. The van der Waals surface area contributed by atoms with Crippen LogP contribution in [0.25, 0.3) is 16.6 Å². The number of aliphatic hydroxyl groups is 1. The van der Waals surface area contributed by atoms with Crippen LogP contribution >= 0.6 is 0 Å². The molecule has 0 aromatic carbocycles. The number of nitrogens with one attached hydrogen (secondary N) is 1. The molecule has 1 saturated heterocycles. The van der Waals surface area contributed by atoms with E-state index >= 15 is 0 Å². The fourth-order valence-corrected chi connectivity index (χ4v) is 6.86. The summed E-state index contributed by atoms with van der Waals surface area (Å²) in [6.07, 6.45) is 8.37. The molecule has 0 bridgehead atoms. The van der Waals surface area contributed by atoms with Crippen molar-refractivity contribution in [1.29, 1.82) is 0 Å². The SMILES string of the molecule is COCC(C)Nc1ncc2c(-c3cnn(C(C)(C)C(=O)N4CCS(=O)(=O)CC4)c3)cc(C3CCC(O)CC3)n2n1. The minimum absolute atomic E-state index is 0.0159. The van der Waals surface area contributed by atoms with Gasteiger partial charge in [-0.3, -0.25) is 9.48 Å². The van der Waals surface area contributed by atoms with Gasteiger partial charge in [0.1, 0.15) is 5.54 Å². The lowest BCUT2D eigenvalue weighted by molar-refractivity contribution is -0.139. The fraction of sp³-hybridized carbons (Fsp3) is 0.630. The standard InChI is InChI=1S/C27H39N7O5S/c1-18(17-39-4)30-26-28-15-24-22(13-23(34(24)31-26)19-5-7-21(35)8-6-19)20-14-29-33(16-20)27(2,3)25(36)32-9-11-40(37,38)12-10-32/h13-16,18-19,21,35H,5-12,17H2,1-4H3,(H,30,31). The van der Waals surface area contributed by atoms with Gasteiger partial charge in [0.05, 0.1) is 42.1 Å². The molecule has 0 radical (unpaired) electrons. The van der Waals surface area contributed by atoms with E-state index in [-0.39, 0.29) is 48.6 Å². The van der Waals surface area contributed by atoms with Crippen molar-refractivity contribution in [1.82, 2.24) is 29.3 Å². The topological polar surface area (TPSA) is 144 Å². The Morgan fingerprint density at radius 3 is 2.58 bits per heavy atom. The molecule has 0 spiro atoms. The number of aliphatic hydroxyl groups excluding tert-OH is 1. The number of ether oxygens (including phenoxy) is 1. The summed E-state index contributed by atoms with van der Waals surface area (Å²) in [5, 5.41) is 22.8. The number of fused-ring (bicyclic) bond motifs is 1. The first-order chi connectivity index (χ1) is 19.0. The van der Waals surface area contributed by atoms with Crippen LogP contribution in [0.3, 0.4) is 0 Å². The van der Waals surface area contributed by atoms with Crippen molar-refractivity contribution in [3.63, 3.8) is 0 Å². The Labute approximate surface area is 234 Å². The van der Waals surface area contributed by atoms with Gasteiger partial charge in [-0.05, 0) is 52.5 Å². The minimum Gasteiger partial charge on any atom is -0.393 e. The molecule has 40 heavy (non-hydrogen) atoms. The Kier molecular flexibility index (Phi) is 7.90. The molecule has 1 unspecified atom stereocenters. The summed E-state index contributed by atoms with van der Waals surface area (Å²) in [5.41, 5.74) is 2.63. The van der Waals surface area contributed by atoms with Crippen LogP contribution in [0.4, 0.5) is 5.95 Å². The average molecular weight is 574 g/mol. The molecule has 218 valence electrons. The summed E-state index contributed by atoms with van der Waals surface area (Å²) in [6, 6.07) is 2.16. The largest absolute Gasteiger partial charge is 0.393 e. The number of nitrogens with zero attached hydrogens (tertiary/aromatic N) is 6. The second-order valence-corrected chi connectivity index (χ2v) is 13.8. The van der Waals surface area contributed by atoms with Crippen molar-refractivity contribution >= 4 is 27.2 Å². The highest BCUT2D eigenvalue weighted by molar-refractivity contribution is 7.91. The minimum atomic E-state index is -3.09. The maximum Gasteiger partial charge on any atom is 0.250 e. The number of carbonyl (C=O) groups is 1. The number of carbonyl (C=O) groups excluding carboxylic acids is 1. The van der Waals surface area contributed by atoms with E-state index in [0.717, 1.165) is 48.0 Å². The molecule has 1 amide bonds. The number of aromatic nitrogens is 5. The van der Waals surface area contributed by atoms with Crippen molar-refractivity contribution in [3.05, 3.63) is 30.4 Å². The van der Waals surface area contributed by atoms with Gasteiger partial charge in [0.15, 0.2) is 9.84 Å². The number of hydrogen-bond donors (Lipinski definition) is 2. The Morgan fingerprint density at radius 2 is 1.90 bits per heavy atom. The summed E-state index contributed by atoms with van der Waals surface area (Å²) >= 11 is 0. The molecule has 2 aliphatic rings. The van der Waals surface area contributed by atoms with E-state index in [9.17, 15) is 18.3 Å². The zero-order valence-electron chi connectivity index (χ0n) is 23.6. The van der Waals surface area contributed by atoms with Gasteiger partial charge in [0.2, 0.25) is 11.9 Å². The number of rotatable bonds is 8. The van der Waals surface area contributed by atoms with Crippen LogP contribution in [-0.2, 0) is 24.9 Å². The smallest absolute Gasteiger partial charge is 0.250 e. The number of methoxy groups -OCH3 is 1. The number of anilines is 1. The third-order valence-electron chi connectivity index (χ3n) is 8.07. The number of amides is 1. The van der Waals surface area contributed by atoms with Gasteiger partial charge < -0.3 is 20.1 Å². The Balaban J connectivity index is 1.47. The van der Waals surface area contributed by atoms with E-state index in [2.05, 4.69) is 21.5 Å². The quantitative estimate of drug-likeness (QED) is 0.414. The lowest BCUT2D eigenvalue weighted by Gasteiger charge is -2.34. The van der Waals surface area contributed by atoms with Crippen molar-refractivity contribution in [2.45, 2.75) is 70.1 Å². The molecule has 3 aromatic rings. The van der Waals surface area contributed by atoms with Gasteiger partial charge in [0, 0.05) is 55.2 Å². The molecule has 3 aromatic heterocycles. The first-order valence-electron chi connectivity index (χ1n) is 13.9. The predicted octanol–water partition coefficient (Wildman–Crippen LogP) is 2.05. The summed E-state index contributed by atoms with van der Waals surface area (Å²) < 4.78 is 32.5. The van der Waals surface area contributed by atoms with E-state index in [1.807, 2.05) is 17.6 Å². The normalized spacial score (nSPS) is 22.4. The molecule has 1 aliphatic carbocycles. The average Bonchev–Trinajstić information content (AvgIpc) is 3.55. The van der Waals surface area contributed by atoms with Gasteiger partial charge in [-0.25, -0.2) is 17.9 Å². The second-order valence-electron chi connectivity index (χ2n) is 11.5. The summed E-state index contributed by atoms with van der Waals surface area (Å²) in [7, 11) is -1.44. The number of sulfone groups is 1. The van der Waals surface area contributed by atoms with Gasteiger partial charge in [0.25, 0.3) is 0 Å². The third-order valence-corrected chi connectivity index (χ3v) is 9.68. The van der Waals surface area contributed by atoms with Crippen LogP contribution in [0, 0.1) is 0 Å². The molecule has 2 N–H and O–H groups in total. The third kappa shape index (κ3) is 5.72. The fourth-order valence-electron chi connectivity index (χ4n) is 5.65. The van der Waals surface area contributed by atoms with E-state index < -0.39 is 15.4 Å². The number of hydrogen-bond acceptors (Lipinski definition) is 9. The Morgan fingerprint density at radius 1 is 1.20 bits per heavy atom. The van der Waals surface area contributed by atoms with Gasteiger partial charge >= 0.3 is 0 Å². The van der Waals surface area contributed by atoms with E-state index in [1.54, 1.807) is 42.9 Å². The van der Waals surface area contributed by atoms with Crippen LogP contribution in [0.1, 0.15) is 58.1 Å². The molecule has 12 nitrogen and oxygen atoms in total. The van der Waals surface area contributed by atoms with E-state index in [1.165, 1.54) is 0 Å². The monoisotopic (exact) mass is 573 g/mol. The van der Waals surface area contributed by atoms with Crippen molar-refractivity contribution in [2.75, 3.05) is 43.6 Å². The molecule has 2 fully saturated rings. The lowest BCUT2D eigenvalue weighted by atomic mass is 9.85. The highest BCUT2D eigenvalue weighted by Gasteiger charge is 2.37. The van der Waals surface area contributed by atoms with Crippen molar-refractivity contribution in [2.24, 2.45) is 0 Å². The summed E-state index contributed by atoms with van der Waals surface area (Å²) in [6.45, 7) is 6.51. The predicted molar refractivity (Wildman–Crippen MR) is 151 cm³/mol.